The van der Waals surface area contributed by atoms with Crippen LogP contribution in [-0.2, 0) is 4.74 Å². The van der Waals surface area contributed by atoms with Crippen molar-refractivity contribution in [3.63, 3.8) is 0 Å². The number of anilines is 1. The van der Waals surface area contributed by atoms with Crippen molar-refractivity contribution in [2.45, 2.75) is 39.3 Å². The molecule has 6 nitrogen and oxygen atoms in total. The molecule has 1 fully saturated rings. The van der Waals surface area contributed by atoms with E-state index in [1.54, 1.807) is 6.07 Å². The largest absolute Gasteiger partial charge is 0.378 e. The first-order valence-electron chi connectivity index (χ1n) is 6.82. The number of hydrogen-bond acceptors (Lipinski definition) is 5. The summed E-state index contributed by atoms with van der Waals surface area (Å²) < 4.78 is 5.72. The highest BCUT2D eigenvalue weighted by Crippen LogP contribution is 2.46. The first kappa shape index (κ1) is 14.7. The molecule has 0 bridgehead atoms. The van der Waals surface area contributed by atoms with Gasteiger partial charge in [0.15, 0.2) is 0 Å². The van der Waals surface area contributed by atoms with E-state index in [9.17, 15) is 10.1 Å². The van der Waals surface area contributed by atoms with Crippen LogP contribution in [0.25, 0.3) is 0 Å². The zero-order chi connectivity index (χ0) is 14.9. The fraction of sp³-hybridized carbons (Fsp3) is 0.643. The molecular weight excluding hydrogens is 258 g/mol. The lowest BCUT2D eigenvalue weighted by molar-refractivity contribution is -0.385. The Labute approximate surface area is 118 Å². The molecule has 0 amide bonds. The number of rotatable bonds is 5. The molecule has 110 valence electrons. The van der Waals surface area contributed by atoms with Gasteiger partial charge < -0.3 is 9.64 Å². The summed E-state index contributed by atoms with van der Waals surface area (Å²) in [5, 5.41) is 10.6. The molecule has 2 atom stereocenters. The summed E-state index contributed by atoms with van der Waals surface area (Å²) in [5.74, 6) is 0.753. The lowest BCUT2D eigenvalue weighted by Crippen LogP contribution is -2.61. The van der Waals surface area contributed by atoms with Gasteiger partial charge in [-0.25, -0.2) is 4.98 Å². The van der Waals surface area contributed by atoms with Crippen molar-refractivity contribution >= 4 is 11.5 Å². The summed E-state index contributed by atoms with van der Waals surface area (Å²) in [6.07, 6.45) is 2.52. The maximum Gasteiger partial charge on any atom is 0.287 e. The number of ether oxygens (including phenoxy) is 1. The van der Waals surface area contributed by atoms with Crippen molar-refractivity contribution in [1.82, 2.24) is 4.98 Å². The van der Waals surface area contributed by atoms with Crippen LogP contribution in [0, 0.1) is 15.5 Å². The standard InChI is InChI=1S/C14H21N3O3/c1-5-20-12-8-11(14(12,2)3)16(4)13-7-6-10(9-15-13)17(18)19/h6-7,9,11-12H,5,8H2,1-4H3. The van der Waals surface area contributed by atoms with Crippen molar-refractivity contribution < 1.29 is 9.66 Å². The van der Waals surface area contributed by atoms with E-state index in [1.807, 2.05) is 14.0 Å². The van der Waals surface area contributed by atoms with E-state index in [0.717, 1.165) is 18.8 Å². The molecule has 0 radical (unpaired) electrons. The third kappa shape index (κ3) is 2.47. The number of nitrogens with zero attached hydrogens (tertiary/aromatic N) is 3. The molecular formula is C14H21N3O3. The summed E-state index contributed by atoms with van der Waals surface area (Å²) in [6.45, 7) is 7.10. The van der Waals surface area contributed by atoms with Gasteiger partial charge in [0.1, 0.15) is 12.0 Å². The van der Waals surface area contributed by atoms with Crippen LogP contribution in [0.3, 0.4) is 0 Å². The summed E-state index contributed by atoms with van der Waals surface area (Å²) in [7, 11) is 1.97. The van der Waals surface area contributed by atoms with Crippen molar-refractivity contribution in [3.8, 4) is 0 Å². The van der Waals surface area contributed by atoms with E-state index in [4.69, 9.17) is 4.74 Å². The van der Waals surface area contributed by atoms with E-state index in [-0.39, 0.29) is 17.2 Å². The quantitative estimate of drug-likeness (QED) is 0.612. The van der Waals surface area contributed by atoms with Crippen molar-refractivity contribution in [2.24, 2.45) is 5.41 Å². The van der Waals surface area contributed by atoms with E-state index >= 15 is 0 Å². The Bertz CT molecular complexity index is 487. The number of aromatic nitrogens is 1. The van der Waals surface area contributed by atoms with Crippen LogP contribution in [0.5, 0.6) is 0 Å². The van der Waals surface area contributed by atoms with Crippen molar-refractivity contribution in [1.29, 1.82) is 0 Å². The Morgan fingerprint density at radius 2 is 2.25 bits per heavy atom. The van der Waals surface area contributed by atoms with E-state index in [0.29, 0.717) is 6.04 Å². The summed E-state index contributed by atoms with van der Waals surface area (Å²) in [4.78, 5) is 16.5. The summed E-state index contributed by atoms with van der Waals surface area (Å²) >= 11 is 0. The van der Waals surface area contributed by atoms with Crippen LogP contribution >= 0.6 is 0 Å². The Morgan fingerprint density at radius 3 is 2.70 bits per heavy atom. The molecule has 0 aliphatic heterocycles. The minimum Gasteiger partial charge on any atom is -0.378 e. The fourth-order valence-corrected chi connectivity index (χ4v) is 2.86. The van der Waals surface area contributed by atoms with Gasteiger partial charge in [-0.3, -0.25) is 10.1 Å². The van der Waals surface area contributed by atoms with Gasteiger partial charge in [-0.1, -0.05) is 13.8 Å². The summed E-state index contributed by atoms with van der Waals surface area (Å²) in [5.41, 5.74) is 0.0658. The maximum atomic E-state index is 10.6. The van der Waals surface area contributed by atoms with Crippen LogP contribution in [-0.4, -0.2) is 35.7 Å². The highest BCUT2D eigenvalue weighted by Gasteiger charge is 2.51. The Balaban J connectivity index is 2.09. The highest BCUT2D eigenvalue weighted by atomic mass is 16.6. The first-order chi connectivity index (χ1) is 9.37. The van der Waals surface area contributed by atoms with Crippen LogP contribution < -0.4 is 4.90 Å². The topological polar surface area (TPSA) is 68.5 Å². The Morgan fingerprint density at radius 1 is 1.55 bits per heavy atom. The first-order valence-corrected chi connectivity index (χ1v) is 6.82. The second-order valence-electron chi connectivity index (χ2n) is 5.76. The van der Waals surface area contributed by atoms with E-state index < -0.39 is 4.92 Å². The van der Waals surface area contributed by atoms with E-state index in [2.05, 4.69) is 23.7 Å². The zero-order valence-electron chi connectivity index (χ0n) is 12.4. The van der Waals surface area contributed by atoms with Gasteiger partial charge in [0.05, 0.1) is 11.0 Å². The molecule has 6 heteroatoms. The minimum absolute atomic E-state index is 0.0159. The number of pyridine rings is 1. The molecule has 1 aromatic rings. The Hall–Kier alpha value is -1.69. The normalized spacial score (nSPS) is 24.0. The molecule has 0 aromatic carbocycles. The van der Waals surface area contributed by atoms with Crippen LogP contribution in [0.15, 0.2) is 18.3 Å². The van der Waals surface area contributed by atoms with Gasteiger partial charge >= 0.3 is 0 Å². The Kier molecular flexibility index (Phi) is 3.94. The molecule has 1 aromatic heterocycles. The van der Waals surface area contributed by atoms with Gasteiger partial charge in [-0.05, 0) is 19.4 Å². The average Bonchev–Trinajstić information content (AvgIpc) is 2.42. The second kappa shape index (κ2) is 5.36. The van der Waals surface area contributed by atoms with Crippen molar-refractivity contribution in [3.05, 3.63) is 28.4 Å². The lowest BCUT2D eigenvalue weighted by atomic mass is 9.64. The predicted octanol–water partition coefficient (Wildman–Crippen LogP) is 2.63. The molecule has 0 saturated heterocycles. The average molecular weight is 279 g/mol. The second-order valence-corrected chi connectivity index (χ2v) is 5.76. The smallest absolute Gasteiger partial charge is 0.287 e. The molecule has 1 saturated carbocycles. The van der Waals surface area contributed by atoms with Crippen LogP contribution in [0.4, 0.5) is 11.5 Å². The lowest BCUT2D eigenvalue weighted by Gasteiger charge is -2.55. The molecule has 0 spiro atoms. The monoisotopic (exact) mass is 279 g/mol. The highest BCUT2D eigenvalue weighted by molar-refractivity contribution is 5.44. The van der Waals surface area contributed by atoms with Gasteiger partial charge in [-0.15, -0.1) is 0 Å². The number of hydrogen-bond donors (Lipinski definition) is 0. The molecule has 1 aliphatic carbocycles. The third-order valence-electron chi connectivity index (χ3n) is 4.27. The molecule has 20 heavy (non-hydrogen) atoms. The molecule has 2 rings (SSSR count). The van der Waals surface area contributed by atoms with Gasteiger partial charge in [-0.2, -0.15) is 0 Å². The van der Waals surface area contributed by atoms with E-state index in [1.165, 1.54) is 12.3 Å². The van der Waals surface area contributed by atoms with Crippen LogP contribution in [0.1, 0.15) is 27.2 Å². The predicted molar refractivity (Wildman–Crippen MR) is 76.9 cm³/mol. The molecule has 0 N–H and O–H groups in total. The SMILES string of the molecule is CCOC1CC(N(C)c2ccc([N+](=O)[O-])cn2)C1(C)C. The minimum atomic E-state index is -0.435. The fourth-order valence-electron chi connectivity index (χ4n) is 2.86. The zero-order valence-corrected chi connectivity index (χ0v) is 12.4. The van der Waals surface area contributed by atoms with Crippen molar-refractivity contribution in [2.75, 3.05) is 18.6 Å². The third-order valence-corrected chi connectivity index (χ3v) is 4.27. The van der Waals surface area contributed by atoms with Crippen LogP contribution in [0.2, 0.25) is 0 Å². The maximum absolute atomic E-state index is 10.6. The van der Waals surface area contributed by atoms with Gasteiger partial charge in [0, 0.05) is 31.2 Å². The number of nitro groups is 1. The molecule has 1 heterocycles. The molecule has 1 aliphatic rings. The molecule has 2 unspecified atom stereocenters. The summed E-state index contributed by atoms with van der Waals surface area (Å²) in [6, 6.07) is 3.51. The van der Waals surface area contributed by atoms with Gasteiger partial charge in [0.2, 0.25) is 0 Å². The van der Waals surface area contributed by atoms with Gasteiger partial charge in [0.25, 0.3) is 5.69 Å².